The quantitative estimate of drug-likeness (QED) is 0.815. The third-order valence-corrected chi connectivity index (χ3v) is 6.14. The molecule has 2 saturated heterocycles. The molecule has 0 spiro atoms. The van der Waals surface area contributed by atoms with Crippen molar-refractivity contribution in [1.29, 1.82) is 0 Å². The lowest BCUT2D eigenvalue weighted by Gasteiger charge is -2.53. The van der Waals surface area contributed by atoms with Crippen molar-refractivity contribution in [3.05, 3.63) is 0 Å². The SMILES string of the molecule is CON1C(C)(C)CC(C(=O)NC2CC(C)(C)N(O)C2(C)C)CC1(C)C. The molecule has 0 aromatic carbocycles. The summed E-state index contributed by atoms with van der Waals surface area (Å²) >= 11 is 0. The van der Waals surface area contributed by atoms with E-state index >= 15 is 0 Å². The second-order valence-electron chi connectivity index (χ2n) is 10.3. The van der Waals surface area contributed by atoms with Gasteiger partial charge < -0.3 is 15.4 Å². The molecule has 2 aliphatic heterocycles. The normalized spacial score (nSPS) is 31.8. The van der Waals surface area contributed by atoms with Gasteiger partial charge >= 0.3 is 0 Å². The van der Waals surface area contributed by atoms with Crippen LogP contribution in [-0.4, -0.2) is 56.5 Å². The maximum Gasteiger partial charge on any atom is 0.223 e. The van der Waals surface area contributed by atoms with E-state index in [0.29, 0.717) is 0 Å². The minimum absolute atomic E-state index is 0.0666. The molecule has 2 N–H and O–H groups in total. The van der Waals surface area contributed by atoms with E-state index in [4.69, 9.17) is 4.84 Å². The Morgan fingerprint density at radius 2 is 1.44 bits per heavy atom. The molecule has 1 atom stereocenters. The van der Waals surface area contributed by atoms with Crippen LogP contribution in [0.1, 0.15) is 74.7 Å². The topological polar surface area (TPSA) is 65.0 Å². The number of hydrogen-bond acceptors (Lipinski definition) is 5. The van der Waals surface area contributed by atoms with Gasteiger partial charge in [-0.1, -0.05) is 0 Å². The van der Waals surface area contributed by atoms with Gasteiger partial charge in [-0.2, -0.15) is 10.1 Å². The van der Waals surface area contributed by atoms with E-state index in [9.17, 15) is 10.0 Å². The van der Waals surface area contributed by atoms with Crippen molar-refractivity contribution in [3.8, 4) is 0 Å². The molecule has 0 aromatic heterocycles. The smallest absolute Gasteiger partial charge is 0.223 e. The van der Waals surface area contributed by atoms with Crippen LogP contribution in [-0.2, 0) is 9.63 Å². The Kier molecular flexibility index (Phi) is 5.10. The van der Waals surface area contributed by atoms with Crippen LogP contribution in [0.5, 0.6) is 0 Å². The Morgan fingerprint density at radius 3 is 1.80 bits per heavy atom. The molecule has 6 heteroatoms. The van der Waals surface area contributed by atoms with Crippen LogP contribution in [0.15, 0.2) is 0 Å². The van der Waals surface area contributed by atoms with Gasteiger partial charge in [0.2, 0.25) is 5.91 Å². The summed E-state index contributed by atoms with van der Waals surface area (Å²) in [6, 6.07) is -0.0771. The van der Waals surface area contributed by atoms with Crippen LogP contribution in [0.4, 0.5) is 0 Å². The summed E-state index contributed by atoms with van der Waals surface area (Å²) < 4.78 is 0. The number of hydrogen-bond donors (Lipinski definition) is 2. The van der Waals surface area contributed by atoms with Crippen molar-refractivity contribution in [3.63, 3.8) is 0 Å². The molecule has 0 bridgehead atoms. The number of amides is 1. The first-order valence-electron chi connectivity index (χ1n) is 9.29. The number of nitrogens with one attached hydrogen (secondary N) is 1. The van der Waals surface area contributed by atoms with Gasteiger partial charge in [-0.05, 0) is 74.7 Å². The molecule has 0 saturated carbocycles. The van der Waals surface area contributed by atoms with Crippen molar-refractivity contribution in [2.45, 2.75) is 103 Å². The first-order chi connectivity index (χ1) is 11.1. The standard InChI is InChI=1S/C19H37N3O3/c1-16(2)12-14(19(7,8)21(16)24)20-15(23)13-10-17(3,4)22(25-9)18(5,6)11-13/h13-14,24H,10-12H2,1-9H3,(H,20,23). The highest BCUT2D eigenvalue weighted by atomic mass is 16.7. The lowest BCUT2D eigenvalue weighted by Crippen LogP contribution is -2.62. The highest BCUT2D eigenvalue weighted by Crippen LogP contribution is 2.43. The van der Waals surface area contributed by atoms with Crippen LogP contribution >= 0.6 is 0 Å². The van der Waals surface area contributed by atoms with Crippen molar-refractivity contribution in [2.24, 2.45) is 5.92 Å². The zero-order valence-electron chi connectivity index (χ0n) is 17.4. The first-order valence-corrected chi connectivity index (χ1v) is 9.29. The third-order valence-electron chi connectivity index (χ3n) is 6.14. The fourth-order valence-electron chi connectivity index (χ4n) is 5.22. The summed E-state index contributed by atoms with van der Waals surface area (Å²) in [5.41, 5.74) is -1.27. The molecule has 25 heavy (non-hydrogen) atoms. The van der Waals surface area contributed by atoms with Gasteiger partial charge in [-0.25, -0.2) is 0 Å². The van der Waals surface area contributed by atoms with E-state index in [1.54, 1.807) is 7.11 Å². The largest absolute Gasteiger partial charge is 0.351 e. The number of rotatable bonds is 3. The highest BCUT2D eigenvalue weighted by Gasteiger charge is 2.53. The summed E-state index contributed by atoms with van der Waals surface area (Å²) in [7, 11) is 1.70. The molecule has 2 fully saturated rings. The summed E-state index contributed by atoms with van der Waals surface area (Å²) in [5, 5.41) is 17.1. The Hall–Kier alpha value is -0.690. The molecule has 146 valence electrons. The molecule has 1 unspecified atom stereocenters. The molecule has 2 heterocycles. The molecule has 2 rings (SSSR count). The van der Waals surface area contributed by atoms with E-state index < -0.39 is 5.54 Å². The van der Waals surface area contributed by atoms with Gasteiger partial charge in [-0.15, -0.1) is 0 Å². The molecule has 6 nitrogen and oxygen atoms in total. The van der Waals surface area contributed by atoms with E-state index in [-0.39, 0.29) is 34.5 Å². The minimum Gasteiger partial charge on any atom is -0.351 e. The number of carbonyl (C=O) groups is 1. The molecule has 1 amide bonds. The lowest BCUT2D eigenvalue weighted by molar-refractivity contribution is -0.270. The van der Waals surface area contributed by atoms with Crippen LogP contribution < -0.4 is 5.32 Å². The zero-order chi connectivity index (χ0) is 19.4. The van der Waals surface area contributed by atoms with Crippen LogP contribution in [0.25, 0.3) is 0 Å². The molecule has 0 aromatic rings. The Morgan fingerprint density at radius 1 is 0.960 bits per heavy atom. The summed E-state index contributed by atoms with van der Waals surface area (Å²) in [4.78, 5) is 18.7. The Labute approximate surface area is 152 Å². The van der Waals surface area contributed by atoms with Crippen molar-refractivity contribution < 1.29 is 14.8 Å². The highest BCUT2D eigenvalue weighted by molar-refractivity contribution is 5.79. The van der Waals surface area contributed by atoms with Gasteiger partial charge in [0.05, 0.1) is 18.7 Å². The van der Waals surface area contributed by atoms with Crippen molar-refractivity contribution >= 4 is 5.91 Å². The monoisotopic (exact) mass is 355 g/mol. The summed E-state index contributed by atoms with van der Waals surface area (Å²) in [5.74, 6) is 0.0177. The molecule has 0 radical (unpaired) electrons. The van der Waals surface area contributed by atoms with Gasteiger partial charge in [0, 0.05) is 22.5 Å². The number of carbonyl (C=O) groups excluding carboxylic acids is 1. The third kappa shape index (κ3) is 3.59. The van der Waals surface area contributed by atoms with E-state index in [0.717, 1.165) is 19.3 Å². The fourth-order valence-corrected chi connectivity index (χ4v) is 5.22. The molecule has 0 aliphatic carbocycles. The van der Waals surface area contributed by atoms with Crippen LogP contribution in [0.3, 0.4) is 0 Å². The second kappa shape index (κ2) is 6.19. The average molecular weight is 356 g/mol. The zero-order valence-corrected chi connectivity index (χ0v) is 17.4. The van der Waals surface area contributed by atoms with Crippen LogP contribution in [0, 0.1) is 5.92 Å². The van der Waals surface area contributed by atoms with Crippen molar-refractivity contribution in [1.82, 2.24) is 15.4 Å². The molecular formula is C19H37N3O3. The lowest BCUT2D eigenvalue weighted by atomic mass is 9.74. The van der Waals surface area contributed by atoms with Gasteiger partial charge in [0.1, 0.15) is 0 Å². The van der Waals surface area contributed by atoms with Crippen molar-refractivity contribution in [2.75, 3.05) is 7.11 Å². The fraction of sp³-hybridized carbons (Fsp3) is 0.947. The number of nitrogens with zero attached hydrogens (tertiary/aromatic N) is 2. The summed E-state index contributed by atoms with van der Waals surface area (Å²) in [6.07, 6.45) is 2.22. The predicted octanol–water partition coefficient (Wildman–Crippen LogP) is 2.95. The van der Waals surface area contributed by atoms with E-state index in [1.165, 1.54) is 5.06 Å². The Balaban J connectivity index is 2.14. The van der Waals surface area contributed by atoms with Gasteiger partial charge in [-0.3, -0.25) is 4.79 Å². The average Bonchev–Trinajstić information content (AvgIpc) is 2.56. The van der Waals surface area contributed by atoms with Crippen LogP contribution in [0.2, 0.25) is 0 Å². The van der Waals surface area contributed by atoms with E-state index in [2.05, 4.69) is 33.0 Å². The van der Waals surface area contributed by atoms with Gasteiger partial charge in [0.25, 0.3) is 0 Å². The maximum atomic E-state index is 13.1. The summed E-state index contributed by atoms with van der Waals surface area (Å²) in [6.45, 7) is 16.5. The Bertz CT molecular complexity index is 510. The van der Waals surface area contributed by atoms with E-state index in [1.807, 2.05) is 32.8 Å². The second-order valence-corrected chi connectivity index (χ2v) is 10.3. The first kappa shape index (κ1) is 20.6. The number of piperidine rings is 1. The number of hydroxylamine groups is 4. The van der Waals surface area contributed by atoms with Gasteiger partial charge in [0.15, 0.2) is 0 Å². The molecule has 2 aliphatic rings. The minimum atomic E-state index is -0.489. The maximum absolute atomic E-state index is 13.1. The predicted molar refractivity (Wildman–Crippen MR) is 98.1 cm³/mol. The molecular weight excluding hydrogens is 318 g/mol.